The molecule has 1 aromatic heterocycles. The number of H-pyrrole nitrogens is 1. The van der Waals surface area contributed by atoms with Gasteiger partial charge in [-0.2, -0.15) is 5.10 Å². The SMILES string of the molecule is CCOc1cc(/C=N\Nc2nc(C)c(CCO)c(=O)[nH]2)cc(Cl)c1OC(C)C. The first-order valence-corrected chi connectivity index (χ1v) is 9.36. The molecule has 0 aliphatic heterocycles. The second kappa shape index (κ2) is 10.1. The first kappa shape index (κ1) is 21.7. The number of benzene rings is 1. The Morgan fingerprint density at radius 1 is 1.43 bits per heavy atom. The van der Waals surface area contributed by atoms with E-state index in [1.165, 1.54) is 6.21 Å². The van der Waals surface area contributed by atoms with Gasteiger partial charge in [0, 0.05) is 18.6 Å². The highest BCUT2D eigenvalue weighted by molar-refractivity contribution is 6.32. The number of nitrogens with one attached hydrogen (secondary N) is 2. The molecule has 0 spiro atoms. The molecule has 0 aliphatic rings. The Kier molecular flexibility index (Phi) is 7.83. The van der Waals surface area contributed by atoms with Gasteiger partial charge in [-0.3, -0.25) is 9.78 Å². The molecule has 0 aliphatic carbocycles. The van der Waals surface area contributed by atoms with Gasteiger partial charge in [0.25, 0.3) is 5.56 Å². The summed E-state index contributed by atoms with van der Waals surface area (Å²) < 4.78 is 11.4. The zero-order chi connectivity index (χ0) is 20.7. The lowest BCUT2D eigenvalue weighted by Gasteiger charge is -2.16. The van der Waals surface area contributed by atoms with E-state index in [-0.39, 0.29) is 30.6 Å². The van der Waals surface area contributed by atoms with Crippen LogP contribution in [0.25, 0.3) is 0 Å². The average molecular weight is 409 g/mol. The molecular weight excluding hydrogens is 384 g/mol. The molecule has 0 bridgehead atoms. The van der Waals surface area contributed by atoms with Crippen LogP contribution in [0.15, 0.2) is 22.0 Å². The minimum absolute atomic E-state index is 0.0437. The minimum Gasteiger partial charge on any atom is -0.490 e. The lowest BCUT2D eigenvalue weighted by atomic mass is 10.2. The van der Waals surface area contributed by atoms with Crippen molar-refractivity contribution in [3.63, 3.8) is 0 Å². The number of aliphatic hydroxyl groups excluding tert-OH is 1. The fourth-order valence-electron chi connectivity index (χ4n) is 2.51. The fourth-order valence-corrected chi connectivity index (χ4v) is 2.78. The second-order valence-corrected chi connectivity index (χ2v) is 6.66. The Hall–Kier alpha value is -2.58. The van der Waals surface area contributed by atoms with E-state index in [0.717, 1.165) is 0 Å². The summed E-state index contributed by atoms with van der Waals surface area (Å²) >= 11 is 6.33. The van der Waals surface area contributed by atoms with E-state index in [2.05, 4.69) is 20.5 Å². The van der Waals surface area contributed by atoms with Crippen LogP contribution in [0.4, 0.5) is 5.95 Å². The van der Waals surface area contributed by atoms with Crippen molar-refractivity contribution in [3.05, 3.63) is 44.3 Å². The number of ether oxygens (including phenoxy) is 2. The normalized spacial score (nSPS) is 11.2. The monoisotopic (exact) mass is 408 g/mol. The Balaban J connectivity index is 2.21. The standard InChI is InChI=1S/C19H25ClN4O4/c1-5-27-16-9-13(8-15(20)17(16)28-11(2)3)10-21-24-19-22-12(4)14(6-7-25)18(26)23-19/h8-11,25H,5-7H2,1-4H3,(H2,22,23,24,26)/b21-10-. The average Bonchev–Trinajstić information content (AvgIpc) is 2.61. The lowest BCUT2D eigenvalue weighted by Crippen LogP contribution is -2.19. The summed E-state index contributed by atoms with van der Waals surface area (Å²) in [7, 11) is 0. The number of halogens is 1. The molecular formula is C19H25ClN4O4. The Bertz CT molecular complexity index is 896. The zero-order valence-corrected chi connectivity index (χ0v) is 17.1. The van der Waals surface area contributed by atoms with Gasteiger partial charge in [-0.1, -0.05) is 11.6 Å². The number of anilines is 1. The van der Waals surface area contributed by atoms with Crippen molar-refractivity contribution < 1.29 is 14.6 Å². The molecule has 152 valence electrons. The zero-order valence-electron chi connectivity index (χ0n) is 16.4. The van der Waals surface area contributed by atoms with Gasteiger partial charge in [0.1, 0.15) is 0 Å². The molecule has 2 rings (SSSR count). The number of hydrogen-bond donors (Lipinski definition) is 3. The topological polar surface area (TPSA) is 109 Å². The number of rotatable bonds is 9. The Morgan fingerprint density at radius 2 is 2.18 bits per heavy atom. The van der Waals surface area contributed by atoms with E-state index in [1.807, 2.05) is 20.8 Å². The van der Waals surface area contributed by atoms with Crippen LogP contribution in [0.2, 0.25) is 5.02 Å². The molecule has 0 atom stereocenters. The van der Waals surface area contributed by atoms with Gasteiger partial charge in [-0.15, -0.1) is 0 Å². The molecule has 0 amide bonds. The first-order valence-electron chi connectivity index (χ1n) is 8.98. The Morgan fingerprint density at radius 3 is 2.79 bits per heavy atom. The van der Waals surface area contributed by atoms with Crippen molar-refractivity contribution >= 4 is 23.8 Å². The first-order chi connectivity index (χ1) is 13.3. The van der Waals surface area contributed by atoms with Gasteiger partial charge in [0.15, 0.2) is 11.5 Å². The summed E-state index contributed by atoms with van der Waals surface area (Å²) in [5.74, 6) is 1.22. The molecule has 1 heterocycles. The van der Waals surface area contributed by atoms with Crippen LogP contribution < -0.4 is 20.5 Å². The predicted molar refractivity (Wildman–Crippen MR) is 110 cm³/mol. The highest BCUT2D eigenvalue weighted by Gasteiger charge is 2.13. The van der Waals surface area contributed by atoms with Crippen molar-refractivity contribution in [3.8, 4) is 11.5 Å². The number of aromatic nitrogens is 2. The van der Waals surface area contributed by atoms with Crippen LogP contribution >= 0.6 is 11.6 Å². The summed E-state index contributed by atoms with van der Waals surface area (Å²) in [6, 6.07) is 3.47. The molecule has 0 fully saturated rings. The molecule has 9 heteroatoms. The van der Waals surface area contributed by atoms with E-state index in [9.17, 15) is 4.79 Å². The van der Waals surface area contributed by atoms with E-state index in [1.54, 1.807) is 19.1 Å². The third-order valence-corrected chi connectivity index (χ3v) is 3.93. The minimum atomic E-state index is -0.309. The molecule has 8 nitrogen and oxygen atoms in total. The van der Waals surface area contributed by atoms with Crippen LogP contribution in [0.5, 0.6) is 11.5 Å². The Labute approximate surface area is 168 Å². The van der Waals surface area contributed by atoms with Crippen molar-refractivity contribution in [1.29, 1.82) is 0 Å². The van der Waals surface area contributed by atoms with Crippen LogP contribution in [0, 0.1) is 6.92 Å². The molecule has 1 aromatic carbocycles. The van der Waals surface area contributed by atoms with Gasteiger partial charge in [-0.25, -0.2) is 10.4 Å². The fraction of sp³-hybridized carbons (Fsp3) is 0.421. The summed E-state index contributed by atoms with van der Waals surface area (Å²) in [6.45, 7) is 7.75. The lowest BCUT2D eigenvalue weighted by molar-refractivity contribution is 0.224. The molecule has 0 unspecified atom stereocenters. The summed E-state index contributed by atoms with van der Waals surface area (Å²) in [5, 5.41) is 13.5. The van der Waals surface area contributed by atoms with Crippen LogP contribution in [-0.4, -0.2) is 40.6 Å². The maximum absolute atomic E-state index is 12.0. The van der Waals surface area contributed by atoms with Crippen LogP contribution in [0.3, 0.4) is 0 Å². The van der Waals surface area contributed by atoms with Gasteiger partial charge < -0.3 is 14.6 Å². The van der Waals surface area contributed by atoms with Crippen molar-refractivity contribution in [2.24, 2.45) is 5.10 Å². The highest BCUT2D eigenvalue weighted by Crippen LogP contribution is 2.37. The summed E-state index contributed by atoms with van der Waals surface area (Å²) in [6.07, 6.45) is 1.74. The summed E-state index contributed by atoms with van der Waals surface area (Å²) in [5.41, 5.74) is 4.05. The third kappa shape index (κ3) is 5.71. The quantitative estimate of drug-likeness (QED) is 0.435. The van der Waals surface area contributed by atoms with E-state index in [4.69, 9.17) is 26.2 Å². The second-order valence-electron chi connectivity index (χ2n) is 6.25. The van der Waals surface area contributed by atoms with E-state index >= 15 is 0 Å². The smallest absolute Gasteiger partial charge is 0.255 e. The number of aryl methyl sites for hydroxylation is 1. The van der Waals surface area contributed by atoms with Gasteiger partial charge in [0.2, 0.25) is 5.95 Å². The number of hydrogen-bond acceptors (Lipinski definition) is 7. The molecule has 3 N–H and O–H groups in total. The maximum Gasteiger partial charge on any atom is 0.255 e. The summed E-state index contributed by atoms with van der Waals surface area (Å²) in [4.78, 5) is 18.8. The van der Waals surface area contributed by atoms with Crippen LogP contribution in [-0.2, 0) is 6.42 Å². The van der Waals surface area contributed by atoms with Gasteiger partial charge in [0.05, 0.1) is 29.6 Å². The third-order valence-electron chi connectivity index (χ3n) is 3.65. The van der Waals surface area contributed by atoms with Crippen molar-refractivity contribution in [2.45, 2.75) is 40.2 Å². The molecule has 0 saturated carbocycles. The van der Waals surface area contributed by atoms with Crippen LogP contribution in [0.1, 0.15) is 37.6 Å². The van der Waals surface area contributed by atoms with E-state index in [0.29, 0.717) is 39.9 Å². The number of aromatic amines is 1. The van der Waals surface area contributed by atoms with E-state index < -0.39 is 0 Å². The van der Waals surface area contributed by atoms with Gasteiger partial charge >= 0.3 is 0 Å². The maximum atomic E-state index is 12.0. The van der Waals surface area contributed by atoms with Crippen molar-refractivity contribution in [2.75, 3.05) is 18.6 Å². The van der Waals surface area contributed by atoms with Crippen molar-refractivity contribution in [1.82, 2.24) is 9.97 Å². The predicted octanol–water partition coefficient (Wildman–Crippen LogP) is 2.90. The highest BCUT2D eigenvalue weighted by atomic mass is 35.5. The largest absolute Gasteiger partial charge is 0.490 e. The molecule has 0 radical (unpaired) electrons. The number of aliphatic hydroxyl groups is 1. The van der Waals surface area contributed by atoms with Gasteiger partial charge in [-0.05, 0) is 45.4 Å². The molecule has 0 saturated heterocycles. The number of nitrogens with zero attached hydrogens (tertiary/aromatic N) is 2. The molecule has 2 aromatic rings. The number of hydrazone groups is 1. The molecule has 28 heavy (non-hydrogen) atoms.